The normalized spacial score (nSPS) is 14.6. The number of hydrogen-bond donors (Lipinski definition) is 1. The summed E-state index contributed by atoms with van der Waals surface area (Å²) in [4.78, 5) is 65.2. The third-order valence-electron chi connectivity index (χ3n) is 5.65. The molecule has 194 valence electrons. The number of nitrogens with zero attached hydrogens (tertiary/aromatic N) is 4. The van der Waals surface area contributed by atoms with Crippen LogP contribution in [0, 0.1) is 27.2 Å². The Balaban J connectivity index is 1.46. The molecule has 1 aromatic heterocycles. The van der Waals surface area contributed by atoms with Gasteiger partial charge in [0.2, 0.25) is 0 Å². The molecule has 0 spiro atoms. The first-order valence-electron chi connectivity index (χ1n) is 11.1. The second-order valence-corrected chi connectivity index (χ2v) is 10.6. The highest BCUT2D eigenvalue weighted by Gasteiger charge is 2.37. The molecule has 4 aromatic rings. The topological polar surface area (TPSA) is 166 Å². The van der Waals surface area contributed by atoms with Crippen LogP contribution in [0.25, 0.3) is 16.3 Å². The van der Waals surface area contributed by atoms with Crippen molar-refractivity contribution in [2.45, 2.75) is 16.2 Å². The summed E-state index contributed by atoms with van der Waals surface area (Å²) in [5.74, 6) is -1.78. The van der Waals surface area contributed by atoms with Crippen molar-refractivity contribution in [3.05, 3.63) is 97.6 Å². The molecule has 1 saturated heterocycles. The molecule has 1 N–H and O–H groups in total. The van der Waals surface area contributed by atoms with Crippen molar-refractivity contribution in [3.8, 4) is 0 Å². The molecule has 0 bridgehead atoms. The van der Waals surface area contributed by atoms with Gasteiger partial charge in [-0.15, -0.1) is 11.3 Å². The molecule has 0 atom stereocenters. The van der Waals surface area contributed by atoms with Crippen molar-refractivity contribution >= 4 is 74.3 Å². The number of thiazole rings is 1. The fourth-order valence-electron chi connectivity index (χ4n) is 3.75. The van der Waals surface area contributed by atoms with Crippen LogP contribution in [0.3, 0.4) is 0 Å². The molecule has 0 radical (unpaired) electrons. The number of amides is 4. The Morgan fingerprint density at radius 3 is 2.41 bits per heavy atom. The highest BCUT2D eigenvalue weighted by molar-refractivity contribution is 8.01. The first kappa shape index (κ1) is 25.7. The lowest BCUT2D eigenvalue weighted by Crippen LogP contribution is -2.54. The third kappa shape index (κ3) is 5.10. The maximum atomic E-state index is 13.1. The average molecular weight is 562 g/mol. The molecule has 5 rings (SSSR count). The zero-order valence-corrected chi connectivity index (χ0v) is 21.4. The summed E-state index contributed by atoms with van der Waals surface area (Å²) in [6, 6.07) is 14.0. The van der Waals surface area contributed by atoms with E-state index in [-0.39, 0.29) is 33.1 Å². The summed E-state index contributed by atoms with van der Waals surface area (Å²) in [6.07, 6.45) is 1.18. The predicted molar refractivity (Wildman–Crippen MR) is 144 cm³/mol. The van der Waals surface area contributed by atoms with Gasteiger partial charge in [-0.05, 0) is 42.8 Å². The van der Waals surface area contributed by atoms with Gasteiger partial charge in [-0.3, -0.25) is 35.1 Å². The summed E-state index contributed by atoms with van der Waals surface area (Å²) >= 11 is 2.17. The maximum Gasteiger partial charge on any atom is 0.335 e. The smallest absolute Gasteiger partial charge is 0.273 e. The summed E-state index contributed by atoms with van der Waals surface area (Å²) in [5, 5.41) is 25.0. The fraction of sp³-hybridized carbons (Fsp3) is 0.0400. The average Bonchev–Trinajstić information content (AvgIpc) is 3.29. The standard InChI is InChI=1S/C25H15N5O7S2/c1-13-2-5-15(6-3-13)28-23(32)17(22(31)27-24(28)33)10-14-4-9-20(19(11-14)30(36)37)38-25-26-18-8-7-16(29(34)35)12-21(18)39-25/h2-12H,1H3,(H,27,31,33)/b17-10+. The number of nitrogens with one attached hydrogen (secondary N) is 1. The number of fused-ring (bicyclic) bond motifs is 1. The molecular formula is C25H15N5O7S2. The van der Waals surface area contributed by atoms with Crippen molar-refractivity contribution in [1.82, 2.24) is 10.3 Å². The second kappa shape index (κ2) is 10.1. The largest absolute Gasteiger partial charge is 0.335 e. The lowest BCUT2D eigenvalue weighted by atomic mass is 10.1. The molecule has 0 aliphatic carbocycles. The molecule has 12 nitrogen and oxygen atoms in total. The number of aromatic nitrogens is 1. The molecule has 2 heterocycles. The zero-order valence-electron chi connectivity index (χ0n) is 19.8. The first-order valence-corrected chi connectivity index (χ1v) is 12.7. The van der Waals surface area contributed by atoms with Gasteiger partial charge in [-0.1, -0.05) is 35.5 Å². The Kier molecular flexibility index (Phi) is 6.64. The highest BCUT2D eigenvalue weighted by Crippen LogP contribution is 2.40. The Morgan fingerprint density at radius 1 is 0.974 bits per heavy atom. The maximum absolute atomic E-state index is 13.1. The number of anilines is 1. The first-order chi connectivity index (χ1) is 18.6. The van der Waals surface area contributed by atoms with Gasteiger partial charge in [0.05, 0.1) is 30.6 Å². The SMILES string of the molecule is Cc1ccc(N2C(=O)NC(=O)/C(=C\c3ccc(Sc4nc5ccc([N+](=O)[O-])cc5s4)c([N+](=O)[O-])c3)C2=O)cc1. The minimum Gasteiger partial charge on any atom is -0.273 e. The van der Waals surface area contributed by atoms with Crippen molar-refractivity contribution in [2.75, 3.05) is 4.90 Å². The second-order valence-electron chi connectivity index (χ2n) is 8.27. The highest BCUT2D eigenvalue weighted by atomic mass is 32.2. The molecule has 1 aliphatic rings. The number of aryl methyl sites for hydroxylation is 1. The zero-order chi connectivity index (χ0) is 27.8. The number of nitro benzene ring substituents is 2. The summed E-state index contributed by atoms with van der Waals surface area (Å²) in [7, 11) is 0. The number of rotatable bonds is 6. The van der Waals surface area contributed by atoms with Crippen LogP contribution in [0.1, 0.15) is 11.1 Å². The Morgan fingerprint density at radius 2 is 1.72 bits per heavy atom. The van der Waals surface area contributed by atoms with E-state index in [9.17, 15) is 34.6 Å². The fourth-order valence-corrected chi connectivity index (χ4v) is 5.89. The van der Waals surface area contributed by atoms with Crippen LogP contribution in [-0.2, 0) is 9.59 Å². The van der Waals surface area contributed by atoms with E-state index in [4.69, 9.17) is 0 Å². The van der Waals surface area contributed by atoms with Crippen LogP contribution >= 0.6 is 23.1 Å². The molecule has 0 unspecified atom stereocenters. The molecule has 14 heteroatoms. The van der Waals surface area contributed by atoms with Gasteiger partial charge in [0.25, 0.3) is 23.2 Å². The summed E-state index contributed by atoms with van der Waals surface area (Å²) in [6.45, 7) is 1.84. The van der Waals surface area contributed by atoms with Gasteiger partial charge in [-0.2, -0.15) is 0 Å². The van der Waals surface area contributed by atoms with E-state index in [1.165, 1.54) is 42.5 Å². The van der Waals surface area contributed by atoms with Gasteiger partial charge in [0, 0.05) is 18.2 Å². The molecule has 1 fully saturated rings. The number of carbonyl (C=O) groups excluding carboxylic acids is 3. The lowest BCUT2D eigenvalue weighted by molar-refractivity contribution is -0.387. The van der Waals surface area contributed by atoms with Gasteiger partial charge in [0.1, 0.15) is 5.57 Å². The summed E-state index contributed by atoms with van der Waals surface area (Å²) < 4.78 is 0.999. The molecule has 39 heavy (non-hydrogen) atoms. The van der Waals surface area contributed by atoms with Crippen molar-refractivity contribution in [3.63, 3.8) is 0 Å². The molecule has 1 aliphatic heterocycles. The van der Waals surface area contributed by atoms with E-state index in [0.717, 1.165) is 33.6 Å². The van der Waals surface area contributed by atoms with Crippen LogP contribution in [-0.4, -0.2) is 32.7 Å². The summed E-state index contributed by atoms with van der Waals surface area (Å²) in [5.41, 5.74) is 1.14. The van der Waals surface area contributed by atoms with E-state index < -0.39 is 27.7 Å². The van der Waals surface area contributed by atoms with Crippen LogP contribution < -0.4 is 10.2 Å². The number of nitro groups is 2. The number of carbonyl (C=O) groups is 3. The van der Waals surface area contributed by atoms with Gasteiger partial charge >= 0.3 is 6.03 Å². The van der Waals surface area contributed by atoms with Crippen LogP contribution in [0.5, 0.6) is 0 Å². The van der Waals surface area contributed by atoms with Crippen LogP contribution in [0.15, 0.2) is 75.5 Å². The van der Waals surface area contributed by atoms with E-state index in [2.05, 4.69) is 10.3 Å². The minimum absolute atomic E-state index is 0.0880. The Labute approximate surface area is 227 Å². The van der Waals surface area contributed by atoms with Gasteiger partial charge in [-0.25, -0.2) is 14.7 Å². The molecule has 3 aromatic carbocycles. The quantitative estimate of drug-likeness (QED) is 0.143. The number of barbiturate groups is 1. The number of non-ortho nitro benzene ring substituents is 1. The van der Waals surface area contributed by atoms with E-state index >= 15 is 0 Å². The van der Waals surface area contributed by atoms with Crippen molar-refractivity contribution < 1.29 is 24.2 Å². The predicted octanol–water partition coefficient (Wildman–Crippen LogP) is 5.24. The molecule has 4 amide bonds. The Bertz CT molecular complexity index is 1750. The number of hydrogen-bond acceptors (Lipinski definition) is 10. The van der Waals surface area contributed by atoms with E-state index in [1.54, 1.807) is 24.3 Å². The molecular weight excluding hydrogens is 546 g/mol. The number of urea groups is 1. The molecule has 0 saturated carbocycles. The monoisotopic (exact) mass is 561 g/mol. The third-order valence-corrected chi connectivity index (χ3v) is 7.79. The van der Waals surface area contributed by atoms with Crippen molar-refractivity contribution in [1.29, 1.82) is 0 Å². The van der Waals surface area contributed by atoms with E-state index in [1.807, 2.05) is 6.92 Å². The van der Waals surface area contributed by atoms with E-state index in [0.29, 0.717) is 14.6 Å². The lowest BCUT2D eigenvalue weighted by Gasteiger charge is -2.26. The van der Waals surface area contributed by atoms with Gasteiger partial charge in [0.15, 0.2) is 4.34 Å². The number of imide groups is 2. The Hall–Kier alpha value is -4.95. The van der Waals surface area contributed by atoms with Gasteiger partial charge < -0.3 is 0 Å². The minimum atomic E-state index is -0.918. The van der Waals surface area contributed by atoms with Crippen molar-refractivity contribution in [2.24, 2.45) is 0 Å². The van der Waals surface area contributed by atoms with Crippen LogP contribution in [0.2, 0.25) is 0 Å². The number of benzene rings is 3. The van der Waals surface area contributed by atoms with Crippen LogP contribution in [0.4, 0.5) is 21.9 Å².